The molecule has 3 aromatic rings. The summed E-state index contributed by atoms with van der Waals surface area (Å²) in [5.41, 5.74) is 5.96. The second-order valence-electron chi connectivity index (χ2n) is 7.41. The van der Waals surface area contributed by atoms with Gasteiger partial charge >= 0.3 is 5.97 Å². The fraction of sp³-hybridized carbons (Fsp3) is 0.160. The van der Waals surface area contributed by atoms with Gasteiger partial charge in [0.1, 0.15) is 11.6 Å². The zero-order valence-electron chi connectivity index (χ0n) is 17.9. The number of aromatic carboxylic acids is 1. The first-order chi connectivity index (χ1) is 14.7. The van der Waals surface area contributed by atoms with Gasteiger partial charge in [-0.2, -0.15) is 5.26 Å². The minimum atomic E-state index is -0.974. The summed E-state index contributed by atoms with van der Waals surface area (Å²) in [4.78, 5) is 23.9. The number of carboxylic acids is 1. The zero-order valence-corrected chi connectivity index (χ0v) is 17.9. The van der Waals surface area contributed by atoms with Crippen LogP contribution in [0.25, 0.3) is 11.8 Å². The number of amides is 1. The number of carboxylic acid groups (broad SMARTS) is 1. The van der Waals surface area contributed by atoms with Crippen LogP contribution in [0.2, 0.25) is 0 Å². The van der Waals surface area contributed by atoms with Crippen LogP contribution in [0.1, 0.15) is 38.4 Å². The van der Waals surface area contributed by atoms with Crippen molar-refractivity contribution in [3.05, 3.63) is 87.7 Å². The maximum Gasteiger partial charge on any atom is 0.335 e. The maximum atomic E-state index is 12.7. The number of hydrogen-bond donors (Lipinski definition) is 2. The van der Waals surface area contributed by atoms with Gasteiger partial charge < -0.3 is 15.0 Å². The average Bonchev–Trinajstić information content (AvgIpc) is 3.00. The molecule has 0 aliphatic heterocycles. The van der Waals surface area contributed by atoms with Crippen LogP contribution in [0.5, 0.6) is 0 Å². The number of para-hydroxylation sites is 1. The molecule has 2 aromatic carbocycles. The lowest BCUT2D eigenvalue weighted by Gasteiger charge is -2.13. The van der Waals surface area contributed by atoms with E-state index in [-0.39, 0.29) is 11.1 Å². The van der Waals surface area contributed by atoms with Gasteiger partial charge in [-0.15, -0.1) is 0 Å². The highest BCUT2D eigenvalue weighted by atomic mass is 16.4. The Hall–Kier alpha value is -4.11. The summed E-state index contributed by atoms with van der Waals surface area (Å²) in [6.07, 6.45) is 1.58. The average molecular weight is 413 g/mol. The molecule has 3 rings (SSSR count). The monoisotopic (exact) mass is 413 g/mol. The smallest absolute Gasteiger partial charge is 0.335 e. The third-order valence-electron chi connectivity index (χ3n) is 5.21. The second-order valence-corrected chi connectivity index (χ2v) is 7.41. The lowest BCUT2D eigenvalue weighted by Crippen LogP contribution is -2.14. The summed E-state index contributed by atoms with van der Waals surface area (Å²) in [5.74, 6) is -1.44. The number of rotatable bonds is 5. The molecule has 0 bridgehead atoms. The molecule has 156 valence electrons. The minimum absolute atomic E-state index is 0.00134. The number of nitrogens with zero attached hydrogens (tertiary/aromatic N) is 2. The Balaban J connectivity index is 1.98. The molecule has 1 amide bonds. The van der Waals surface area contributed by atoms with Crippen molar-refractivity contribution in [2.24, 2.45) is 0 Å². The third kappa shape index (κ3) is 4.41. The number of carbonyl (C=O) groups is 2. The molecular formula is C25H23N3O3. The van der Waals surface area contributed by atoms with E-state index in [0.717, 1.165) is 33.8 Å². The number of benzene rings is 2. The van der Waals surface area contributed by atoms with Crippen molar-refractivity contribution in [1.82, 2.24) is 4.57 Å². The molecule has 0 fully saturated rings. The largest absolute Gasteiger partial charge is 0.478 e. The van der Waals surface area contributed by atoms with Crippen molar-refractivity contribution in [1.29, 1.82) is 5.26 Å². The molecule has 0 atom stereocenters. The van der Waals surface area contributed by atoms with E-state index in [2.05, 4.69) is 5.32 Å². The SMILES string of the molecule is Cc1ccccc1NC(=O)/C(C#N)=C\c1cc(C)n(-c2ccc(C(=O)O)cc2C)c1C. The lowest BCUT2D eigenvalue weighted by molar-refractivity contribution is -0.112. The van der Waals surface area contributed by atoms with Crippen LogP contribution < -0.4 is 5.32 Å². The van der Waals surface area contributed by atoms with Gasteiger partial charge in [-0.25, -0.2) is 4.79 Å². The number of hydrogen-bond acceptors (Lipinski definition) is 3. The fourth-order valence-corrected chi connectivity index (χ4v) is 3.55. The van der Waals surface area contributed by atoms with Gasteiger partial charge in [0.05, 0.1) is 5.56 Å². The Kier molecular flexibility index (Phi) is 6.07. The normalized spacial score (nSPS) is 11.1. The topological polar surface area (TPSA) is 95.1 Å². The van der Waals surface area contributed by atoms with Crippen LogP contribution in [-0.2, 0) is 4.79 Å². The Morgan fingerprint density at radius 3 is 2.35 bits per heavy atom. The molecule has 0 saturated carbocycles. The summed E-state index contributed by atoms with van der Waals surface area (Å²) >= 11 is 0. The number of nitrogens with one attached hydrogen (secondary N) is 1. The van der Waals surface area contributed by atoms with Crippen molar-refractivity contribution in [3.8, 4) is 11.8 Å². The van der Waals surface area contributed by atoms with Crippen LogP contribution in [0.3, 0.4) is 0 Å². The Morgan fingerprint density at radius 2 is 1.74 bits per heavy atom. The number of aromatic nitrogens is 1. The van der Waals surface area contributed by atoms with Crippen LogP contribution in [0, 0.1) is 39.0 Å². The molecule has 1 heterocycles. The Morgan fingerprint density at radius 1 is 1.03 bits per heavy atom. The number of carbonyl (C=O) groups excluding carboxylic acids is 1. The molecule has 0 unspecified atom stereocenters. The van der Waals surface area contributed by atoms with E-state index in [1.807, 2.05) is 62.6 Å². The van der Waals surface area contributed by atoms with Gasteiger partial charge in [0.15, 0.2) is 0 Å². The standard InChI is InChI=1S/C25H23N3O3/c1-15-7-5-6-8-22(15)27-24(29)21(14-26)13-20-12-17(3)28(18(20)4)23-10-9-19(25(30)31)11-16(23)2/h5-13H,1-4H3,(H,27,29)(H,30,31)/b21-13-. The van der Waals surface area contributed by atoms with E-state index in [1.165, 1.54) is 0 Å². The molecule has 2 N–H and O–H groups in total. The highest BCUT2D eigenvalue weighted by Crippen LogP contribution is 2.26. The van der Waals surface area contributed by atoms with Crippen molar-refractivity contribution >= 4 is 23.6 Å². The molecule has 0 aliphatic rings. The number of aryl methyl sites for hydroxylation is 3. The number of nitriles is 1. The molecule has 1 aromatic heterocycles. The van der Waals surface area contributed by atoms with Crippen molar-refractivity contribution in [3.63, 3.8) is 0 Å². The van der Waals surface area contributed by atoms with E-state index in [9.17, 15) is 20.0 Å². The molecule has 6 heteroatoms. The number of anilines is 1. The molecule has 0 aliphatic carbocycles. The highest BCUT2D eigenvalue weighted by Gasteiger charge is 2.16. The summed E-state index contributed by atoms with van der Waals surface area (Å²) in [6, 6.07) is 16.2. The van der Waals surface area contributed by atoms with Gasteiger partial charge in [0.25, 0.3) is 5.91 Å². The van der Waals surface area contributed by atoms with E-state index in [0.29, 0.717) is 5.69 Å². The maximum absolute atomic E-state index is 12.7. The van der Waals surface area contributed by atoms with Gasteiger partial charge in [-0.3, -0.25) is 4.79 Å². The van der Waals surface area contributed by atoms with Crippen LogP contribution in [0.4, 0.5) is 5.69 Å². The predicted molar refractivity (Wildman–Crippen MR) is 120 cm³/mol. The van der Waals surface area contributed by atoms with Crippen molar-refractivity contribution in [2.45, 2.75) is 27.7 Å². The molecule has 0 radical (unpaired) electrons. The van der Waals surface area contributed by atoms with E-state index in [1.54, 1.807) is 30.3 Å². The van der Waals surface area contributed by atoms with Crippen molar-refractivity contribution < 1.29 is 14.7 Å². The van der Waals surface area contributed by atoms with Crippen LogP contribution >= 0.6 is 0 Å². The summed E-state index contributed by atoms with van der Waals surface area (Å²) in [7, 11) is 0. The van der Waals surface area contributed by atoms with Gasteiger partial charge in [0.2, 0.25) is 0 Å². The van der Waals surface area contributed by atoms with Crippen LogP contribution in [-0.4, -0.2) is 21.6 Å². The van der Waals surface area contributed by atoms with Gasteiger partial charge in [0, 0.05) is 22.8 Å². The Bertz CT molecular complexity index is 1260. The molecule has 0 spiro atoms. The molecular weight excluding hydrogens is 390 g/mol. The summed E-state index contributed by atoms with van der Waals surface area (Å²) < 4.78 is 1.99. The first kappa shape index (κ1) is 21.6. The van der Waals surface area contributed by atoms with Gasteiger partial charge in [-0.05, 0) is 80.8 Å². The van der Waals surface area contributed by atoms with Crippen molar-refractivity contribution in [2.75, 3.05) is 5.32 Å². The van der Waals surface area contributed by atoms with Crippen LogP contribution in [0.15, 0.2) is 54.1 Å². The molecule has 6 nitrogen and oxygen atoms in total. The van der Waals surface area contributed by atoms with Gasteiger partial charge in [-0.1, -0.05) is 18.2 Å². The first-order valence-electron chi connectivity index (χ1n) is 9.75. The quantitative estimate of drug-likeness (QED) is 0.457. The summed E-state index contributed by atoms with van der Waals surface area (Å²) in [5, 5.41) is 21.6. The predicted octanol–water partition coefficient (Wildman–Crippen LogP) is 4.95. The minimum Gasteiger partial charge on any atom is -0.478 e. The first-order valence-corrected chi connectivity index (χ1v) is 9.75. The molecule has 0 saturated heterocycles. The second kappa shape index (κ2) is 8.72. The zero-order chi connectivity index (χ0) is 22.7. The highest BCUT2D eigenvalue weighted by molar-refractivity contribution is 6.10. The van der Waals surface area contributed by atoms with E-state index >= 15 is 0 Å². The molecule has 31 heavy (non-hydrogen) atoms. The summed E-state index contributed by atoms with van der Waals surface area (Å²) in [6.45, 7) is 7.56. The fourth-order valence-electron chi connectivity index (χ4n) is 3.55. The lowest BCUT2D eigenvalue weighted by atomic mass is 10.1. The Labute approximate surface area is 181 Å². The third-order valence-corrected chi connectivity index (χ3v) is 5.21. The van der Waals surface area contributed by atoms with E-state index < -0.39 is 11.9 Å². The van der Waals surface area contributed by atoms with E-state index in [4.69, 9.17) is 0 Å².